The minimum atomic E-state index is 0. The lowest BCUT2D eigenvalue weighted by Crippen LogP contribution is -2.29. The molecule has 0 aromatic heterocycles. The Labute approximate surface area is 105 Å². The van der Waals surface area contributed by atoms with Crippen LogP contribution in [0, 0.1) is 0 Å². The molecule has 0 amide bonds. The van der Waals surface area contributed by atoms with E-state index in [1.54, 1.807) is 0 Å². The summed E-state index contributed by atoms with van der Waals surface area (Å²) in [5.74, 6) is 0. The molecule has 1 fully saturated rings. The van der Waals surface area contributed by atoms with Gasteiger partial charge in [0.2, 0.25) is 0 Å². The average molecular weight is 238 g/mol. The number of benzene rings is 1. The van der Waals surface area contributed by atoms with E-state index in [-0.39, 0.29) is 12.4 Å². The summed E-state index contributed by atoms with van der Waals surface area (Å²) in [6.45, 7) is 4.51. The van der Waals surface area contributed by atoms with Crippen LogP contribution in [0.15, 0.2) is 30.3 Å². The number of piperidine rings is 1. The fraction of sp³-hybridized carbons (Fsp3) is 0.429. The minimum absolute atomic E-state index is 0. The quantitative estimate of drug-likeness (QED) is 0.748. The van der Waals surface area contributed by atoms with E-state index in [4.69, 9.17) is 0 Å². The van der Waals surface area contributed by atoms with Crippen molar-refractivity contribution in [1.82, 2.24) is 0 Å². The van der Waals surface area contributed by atoms with Crippen LogP contribution in [0.1, 0.15) is 31.7 Å². The smallest absolute Gasteiger partial charge is 0.0439 e. The zero-order chi connectivity index (χ0) is 10.5. The van der Waals surface area contributed by atoms with Gasteiger partial charge in [0.1, 0.15) is 0 Å². The van der Waals surface area contributed by atoms with Crippen molar-refractivity contribution >= 4 is 24.2 Å². The number of halogens is 1. The monoisotopic (exact) mass is 237 g/mol. The third-order valence-corrected chi connectivity index (χ3v) is 2.98. The van der Waals surface area contributed by atoms with E-state index < -0.39 is 0 Å². The van der Waals surface area contributed by atoms with Crippen LogP contribution in [0.2, 0.25) is 0 Å². The molecule has 1 aliphatic rings. The van der Waals surface area contributed by atoms with E-state index >= 15 is 0 Å². The van der Waals surface area contributed by atoms with Gasteiger partial charge in [-0.2, -0.15) is 0 Å². The van der Waals surface area contributed by atoms with Gasteiger partial charge >= 0.3 is 0 Å². The van der Waals surface area contributed by atoms with Crippen LogP contribution in [0.4, 0.5) is 5.69 Å². The average Bonchev–Trinajstić information content (AvgIpc) is 2.31. The predicted molar refractivity (Wildman–Crippen MR) is 74.5 cm³/mol. The van der Waals surface area contributed by atoms with E-state index in [1.165, 1.54) is 43.6 Å². The normalized spacial score (nSPS) is 16.2. The molecule has 2 heteroatoms. The molecule has 1 aliphatic heterocycles. The molecule has 88 valence electrons. The Morgan fingerprint density at radius 1 is 1.06 bits per heavy atom. The lowest BCUT2D eigenvalue weighted by Gasteiger charge is -2.30. The molecule has 0 aliphatic carbocycles. The summed E-state index contributed by atoms with van der Waals surface area (Å²) in [6, 6.07) is 8.68. The second kappa shape index (κ2) is 6.59. The topological polar surface area (TPSA) is 3.24 Å². The fourth-order valence-corrected chi connectivity index (χ4v) is 2.23. The van der Waals surface area contributed by atoms with Crippen LogP contribution in [0.5, 0.6) is 0 Å². The van der Waals surface area contributed by atoms with Gasteiger partial charge in [0.25, 0.3) is 0 Å². The maximum Gasteiger partial charge on any atom is 0.0439 e. The zero-order valence-electron chi connectivity index (χ0n) is 9.86. The maximum absolute atomic E-state index is 2.51. The third-order valence-electron chi connectivity index (χ3n) is 2.98. The largest absolute Gasteiger partial charge is 0.371 e. The van der Waals surface area contributed by atoms with Crippen molar-refractivity contribution < 1.29 is 0 Å². The fourth-order valence-electron chi connectivity index (χ4n) is 2.23. The van der Waals surface area contributed by atoms with Crippen molar-refractivity contribution in [3.63, 3.8) is 0 Å². The van der Waals surface area contributed by atoms with Crippen molar-refractivity contribution in [2.75, 3.05) is 18.0 Å². The lowest BCUT2D eigenvalue weighted by atomic mass is 10.1. The number of para-hydroxylation sites is 1. The van der Waals surface area contributed by atoms with Gasteiger partial charge in [-0.25, -0.2) is 0 Å². The second-order valence-electron chi connectivity index (χ2n) is 4.11. The Kier molecular flexibility index (Phi) is 5.41. The van der Waals surface area contributed by atoms with Crippen molar-refractivity contribution in [2.45, 2.75) is 26.2 Å². The predicted octanol–water partition coefficient (Wildman–Crippen LogP) is 4.13. The molecule has 0 spiro atoms. The molecule has 0 unspecified atom stereocenters. The summed E-state index contributed by atoms with van der Waals surface area (Å²) in [6.07, 6.45) is 8.38. The first-order valence-electron chi connectivity index (χ1n) is 5.88. The standard InChI is InChI=1S/C14H19N.ClH/c1-2-8-13-9-4-5-10-14(13)15-11-6-3-7-12-15;/h2,4-5,8-10H,3,6-7,11-12H2,1H3;1H/b8-2+;. The second-order valence-corrected chi connectivity index (χ2v) is 4.11. The van der Waals surface area contributed by atoms with Gasteiger partial charge in [0.15, 0.2) is 0 Å². The van der Waals surface area contributed by atoms with Crippen molar-refractivity contribution in [1.29, 1.82) is 0 Å². The SMILES string of the molecule is C/C=C/c1ccccc1N1CCCCC1.Cl. The van der Waals surface area contributed by atoms with Gasteiger partial charge in [0, 0.05) is 18.8 Å². The molecule has 16 heavy (non-hydrogen) atoms. The first kappa shape index (κ1) is 13.1. The summed E-state index contributed by atoms with van der Waals surface area (Å²) in [5.41, 5.74) is 2.75. The van der Waals surface area contributed by atoms with Crippen LogP contribution >= 0.6 is 12.4 Å². The van der Waals surface area contributed by atoms with Gasteiger partial charge < -0.3 is 4.90 Å². The first-order valence-corrected chi connectivity index (χ1v) is 5.88. The van der Waals surface area contributed by atoms with Gasteiger partial charge in [-0.15, -0.1) is 12.4 Å². The first-order chi connectivity index (χ1) is 7.42. The Bertz CT molecular complexity index is 340. The van der Waals surface area contributed by atoms with Gasteiger partial charge in [-0.1, -0.05) is 30.4 Å². The van der Waals surface area contributed by atoms with Crippen LogP contribution in [0.25, 0.3) is 6.08 Å². The molecular weight excluding hydrogens is 218 g/mol. The number of hydrogen-bond acceptors (Lipinski definition) is 1. The molecule has 1 heterocycles. The number of anilines is 1. The van der Waals surface area contributed by atoms with Crippen LogP contribution < -0.4 is 4.90 Å². The Morgan fingerprint density at radius 2 is 1.75 bits per heavy atom. The molecule has 0 bridgehead atoms. The number of allylic oxidation sites excluding steroid dienone is 1. The van der Waals surface area contributed by atoms with Crippen LogP contribution in [-0.4, -0.2) is 13.1 Å². The highest BCUT2D eigenvalue weighted by Crippen LogP contribution is 2.24. The Morgan fingerprint density at radius 3 is 2.44 bits per heavy atom. The highest BCUT2D eigenvalue weighted by Gasteiger charge is 2.12. The number of nitrogens with zero attached hydrogens (tertiary/aromatic N) is 1. The number of hydrogen-bond donors (Lipinski definition) is 0. The molecule has 0 N–H and O–H groups in total. The van der Waals surface area contributed by atoms with Crippen LogP contribution in [-0.2, 0) is 0 Å². The molecule has 1 nitrogen and oxygen atoms in total. The summed E-state index contributed by atoms with van der Waals surface area (Å²) >= 11 is 0. The van der Waals surface area contributed by atoms with Crippen molar-refractivity contribution in [2.24, 2.45) is 0 Å². The summed E-state index contributed by atoms with van der Waals surface area (Å²) < 4.78 is 0. The Hall–Kier alpha value is -0.950. The van der Waals surface area contributed by atoms with Gasteiger partial charge in [0.05, 0.1) is 0 Å². The molecule has 0 saturated carbocycles. The number of rotatable bonds is 2. The Balaban J connectivity index is 0.00000128. The van der Waals surface area contributed by atoms with E-state index in [2.05, 4.69) is 48.2 Å². The van der Waals surface area contributed by atoms with Crippen molar-refractivity contribution in [3.8, 4) is 0 Å². The third kappa shape index (κ3) is 3.02. The summed E-state index contributed by atoms with van der Waals surface area (Å²) in [7, 11) is 0. The summed E-state index contributed by atoms with van der Waals surface area (Å²) in [5, 5.41) is 0. The molecule has 0 atom stereocenters. The summed E-state index contributed by atoms with van der Waals surface area (Å²) in [4.78, 5) is 2.51. The molecule has 1 saturated heterocycles. The van der Waals surface area contributed by atoms with E-state index in [9.17, 15) is 0 Å². The molecular formula is C14H20ClN. The van der Waals surface area contributed by atoms with Crippen molar-refractivity contribution in [3.05, 3.63) is 35.9 Å². The zero-order valence-corrected chi connectivity index (χ0v) is 10.7. The molecule has 1 aromatic rings. The molecule has 1 aromatic carbocycles. The highest BCUT2D eigenvalue weighted by atomic mass is 35.5. The van der Waals surface area contributed by atoms with Gasteiger partial charge in [-0.05, 0) is 37.8 Å². The molecule has 2 rings (SSSR count). The molecule has 0 radical (unpaired) electrons. The minimum Gasteiger partial charge on any atom is -0.371 e. The van der Waals surface area contributed by atoms with Gasteiger partial charge in [-0.3, -0.25) is 0 Å². The highest BCUT2D eigenvalue weighted by molar-refractivity contribution is 5.85. The lowest BCUT2D eigenvalue weighted by molar-refractivity contribution is 0.577. The maximum atomic E-state index is 2.51. The van der Waals surface area contributed by atoms with E-state index in [1.807, 2.05) is 0 Å². The van der Waals surface area contributed by atoms with Crippen LogP contribution in [0.3, 0.4) is 0 Å². The van der Waals surface area contributed by atoms with E-state index in [0.717, 1.165) is 0 Å². The van der Waals surface area contributed by atoms with E-state index in [0.29, 0.717) is 0 Å².